The smallest absolute Gasteiger partial charge is 0.250 e. The van der Waals surface area contributed by atoms with Gasteiger partial charge >= 0.3 is 0 Å². The highest BCUT2D eigenvalue weighted by atomic mass is 32.2. The maximum Gasteiger partial charge on any atom is 0.250 e. The van der Waals surface area contributed by atoms with Crippen molar-refractivity contribution in [1.29, 1.82) is 0 Å². The van der Waals surface area contributed by atoms with Crippen LogP contribution in [-0.2, 0) is 9.84 Å². The SMILES string of the molecule is O=S(=O)(c1ncccn1)C1NCCN1. The second-order valence-electron chi connectivity index (χ2n) is 2.86. The number of nitrogens with one attached hydrogen (secondary N) is 2. The summed E-state index contributed by atoms with van der Waals surface area (Å²) >= 11 is 0. The molecular formula is C7H10N4O2S. The minimum Gasteiger partial charge on any atom is -0.287 e. The molecule has 0 radical (unpaired) electrons. The van der Waals surface area contributed by atoms with Gasteiger partial charge in [0.2, 0.25) is 15.0 Å². The van der Waals surface area contributed by atoms with E-state index in [-0.39, 0.29) is 5.16 Å². The van der Waals surface area contributed by atoms with Crippen LogP contribution < -0.4 is 10.6 Å². The first-order valence-corrected chi connectivity index (χ1v) is 5.73. The molecule has 0 unspecified atom stereocenters. The Morgan fingerprint density at radius 2 is 1.79 bits per heavy atom. The fraction of sp³-hybridized carbons (Fsp3) is 0.429. The van der Waals surface area contributed by atoms with E-state index in [1.807, 2.05) is 0 Å². The van der Waals surface area contributed by atoms with E-state index in [1.54, 1.807) is 6.07 Å². The molecule has 0 saturated carbocycles. The van der Waals surface area contributed by atoms with Crippen LogP contribution in [0.1, 0.15) is 0 Å². The van der Waals surface area contributed by atoms with Gasteiger partial charge in [-0.25, -0.2) is 18.4 Å². The summed E-state index contributed by atoms with van der Waals surface area (Å²) in [4.78, 5) is 7.43. The molecule has 1 fully saturated rings. The van der Waals surface area contributed by atoms with Crippen molar-refractivity contribution in [3.05, 3.63) is 18.5 Å². The van der Waals surface area contributed by atoms with E-state index >= 15 is 0 Å². The molecular weight excluding hydrogens is 204 g/mol. The van der Waals surface area contributed by atoms with Crippen molar-refractivity contribution < 1.29 is 8.42 Å². The van der Waals surface area contributed by atoms with Crippen molar-refractivity contribution in [1.82, 2.24) is 20.6 Å². The standard InChI is InChI=1S/C7H10N4O2S/c12-14(13,7-10-4-5-11-7)6-8-2-1-3-9-6/h1-3,7,10-11H,4-5H2. The van der Waals surface area contributed by atoms with Crippen molar-refractivity contribution in [2.24, 2.45) is 0 Å². The van der Waals surface area contributed by atoms with E-state index in [9.17, 15) is 8.42 Å². The van der Waals surface area contributed by atoms with Gasteiger partial charge in [-0.1, -0.05) is 0 Å². The van der Waals surface area contributed by atoms with Crippen LogP contribution in [0.4, 0.5) is 0 Å². The molecule has 0 bridgehead atoms. The lowest BCUT2D eigenvalue weighted by Crippen LogP contribution is -2.40. The zero-order valence-corrected chi connectivity index (χ0v) is 8.16. The second-order valence-corrected chi connectivity index (χ2v) is 4.79. The molecule has 1 saturated heterocycles. The molecule has 2 heterocycles. The Morgan fingerprint density at radius 1 is 1.21 bits per heavy atom. The third kappa shape index (κ3) is 1.61. The van der Waals surface area contributed by atoms with E-state index < -0.39 is 15.3 Å². The quantitative estimate of drug-likeness (QED) is 0.597. The largest absolute Gasteiger partial charge is 0.287 e. The van der Waals surface area contributed by atoms with Crippen molar-refractivity contribution >= 4 is 9.84 Å². The molecule has 7 heteroatoms. The van der Waals surface area contributed by atoms with Gasteiger partial charge < -0.3 is 0 Å². The van der Waals surface area contributed by atoms with Gasteiger partial charge in [-0.15, -0.1) is 0 Å². The zero-order chi connectivity index (χ0) is 10.0. The lowest BCUT2D eigenvalue weighted by atomic mass is 10.7. The summed E-state index contributed by atoms with van der Waals surface area (Å²) in [6.45, 7) is 1.27. The maximum absolute atomic E-state index is 11.8. The van der Waals surface area contributed by atoms with E-state index in [0.29, 0.717) is 13.1 Å². The van der Waals surface area contributed by atoms with Crippen LogP contribution in [0.15, 0.2) is 23.6 Å². The molecule has 0 aliphatic carbocycles. The van der Waals surface area contributed by atoms with Gasteiger partial charge in [-0.2, -0.15) is 0 Å². The number of hydrogen-bond donors (Lipinski definition) is 2. The van der Waals surface area contributed by atoms with E-state index in [2.05, 4.69) is 20.6 Å². The number of nitrogens with zero attached hydrogens (tertiary/aromatic N) is 2. The highest BCUT2D eigenvalue weighted by Gasteiger charge is 2.31. The second kappa shape index (κ2) is 3.60. The zero-order valence-electron chi connectivity index (χ0n) is 7.34. The monoisotopic (exact) mass is 214 g/mol. The van der Waals surface area contributed by atoms with Gasteiger partial charge in [0.05, 0.1) is 0 Å². The summed E-state index contributed by atoms with van der Waals surface area (Å²) in [7, 11) is -3.48. The van der Waals surface area contributed by atoms with Crippen LogP contribution in [0.5, 0.6) is 0 Å². The molecule has 6 nitrogen and oxygen atoms in total. The average molecular weight is 214 g/mol. The van der Waals surface area contributed by atoms with Gasteiger partial charge in [-0.3, -0.25) is 10.6 Å². The molecule has 0 aromatic carbocycles. The summed E-state index contributed by atoms with van der Waals surface area (Å²) in [6, 6.07) is 1.58. The van der Waals surface area contributed by atoms with E-state index in [1.165, 1.54) is 12.4 Å². The van der Waals surface area contributed by atoms with Gasteiger partial charge in [0.1, 0.15) is 0 Å². The predicted molar refractivity (Wildman–Crippen MR) is 49.0 cm³/mol. The molecule has 0 atom stereocenters. The van der Waals surface area contributed by atoms with Crippen LogP contribution in [-0.4, -0.2) is 37.0 Å². The first kappa shape index (κ1) is 9.50. The first-order valence-electron chi connectivity index (χ1n) is 4.19. The average Bonchev–Trinajstić information content (AvgIpc) is 2.72. The third-order valence-electron chi connectivity index (χ3n) is 1.89. The summed E-state index contributed by atoms with van der Waals surface area (Å²) in [6.07, 6.45) is 2.82. The third-order valence-corrected chi connectivity index (χ3v) is 3.57. The Labute approximate surface area is 81.7 Å². The van der Waals surface area contributed by atoms with Crippen LogP contribution in [0.25, 0.3) is 0 Å². The minimum atomic E-state index is -3.48. The van der Waals surface area contributed by atoms with Crippen LogP contribution in [0.2, 0.25) is 0 Å². The first-order chi connectivity index (χ1) is 6.71. The van der Waals surface area contributed by atoms with Crippen molar-refractivity contribution in [2.75, 3.05) is 13.1 Å². The van der Waals surface area contributed by atoms with Gasteiger partial charge in [0.15, 0.2) is 5.50 Å². The van der Waals surface area contributed by atoms with E-state index in [4.69, 9.17) is 0 Å². The number of aromatic nitrogens is 2. The lowest BCUT2D eigenvalue weighted by Gasteiger charge is -2.09. The molecule has 1 aromatic rings. The van der Waals surface area contributed by atoms with Crippen molar-refractivity contribution in [3.8, 4) is 0 Å². The predicted octanol–water partition coefficient (Wildman–Crippen LogP) is -1.27. The van der Waals surface area contributed by atoms with E-state index in [0.717, 1.165) is 0 Å². The molecule has 14 heavy (non-hydrogen) atoms. The summed E-state index contributed by atoms with van der Waals surface area (Å²) in [5, 5.41) is 5.49. The topological polar surface area (TPSA) is 84.0 Å². The molecule has 76 valence electrons. The molecule has 0 amide bonds. The van der Waals surface area contributed by atoms with Crippen molar-refractivity contribution in [3.63, 3.8) is 0 Å². The fourth-order valence-electron chi connectivity index (χ4n) is 1.24. The lowest BCUT2D eigenvalue weighted by molar-refractivity contribution is 0.552. The van der Waals surface area contributed by atoms with Gasteiger partial charge in [-0.05, 0) is 6.07 Å². The Kier molecular flexibility index (Phi) is 2.44. The number of rotatable bonds is 2. The number of hydrogen-bond acceptors (Lipinski definition) is 6. The fourth-order valence-corrected chi connectivity index (χ4v) is 2.54. The number of sulfone groups is 1. The van der Waals surface area contributed by atoms with Crippen LogP contribution >= 0.6 is 0 Å². The van der Waals surface area contributed by atoms with Gasteiger partial charge in [0.25, 0.3) is 0 Å². The van der Waals surface area contributed by atoms with Gasteiger partial charge in [0, 0.05) is 25.5 Å². The molecule has 2 N–H and O–H groups in total. The summed E-state index contributed by atoms with van der Waals surface area (Å²) in [5.74, 6) is 0. The summed E-state index contributed by atoms with van der Waals surface area (Å²) in [5.41, 5.74) is -0.759. The molecule has 0 spiro atoms. The maximum atomic E-state index is 11.8. The highest BCUT2D eigenvalue weighted by molar-refractivity contribution is 7.91. The minimum absolute atomic E-state index is 0.146. The van der Waals surface area contributed by atoms with Crippen molar-refractivity contribution in [2.45, 2.75) is 10.7 Å². The Morgan fingerprint density at radius 3 is 2.36 bits per heavy atom. The summed E-state index contributed by atoms with van der Waals surface area (Å²) < 4.78 is 23.6. The molecule has 1 aromatic heterocycles. The Balaban J connectivity index is 2.33. The Hall–Kier alpha value is -1.05. The molecule has 1 aliphatic heterocycles. The van der Waals surface area contributed by atoms with Crippen LogP contribution in [0.3, 0.4) is 0 Å². The molecule has 1 aliphatic rings. The Bertz CT molecular complexity index is 399. The normalized spacial score (nSPS) is 18.6. The highest BCUT2D eigenvalue weighted by Crippen LogP contribution is 2.08. The van der Waals surface area contributed by atoms with Crippen LogP contribution in [0, 0.1) is 0 Å². The molecule has 2 rings (SSSR count).